The summed E-state index contributed by atoms with van der Waals surface area (Å²) < 4.78 is 25.9. The molecule has 1 N–H and O–H groups in total. The monoisotopic (exact) mass is 293 g/mol. The molecule has 2 heterocycles. The second-order valence-corrected chi connectivity index (χ2v) is 5.83. The van der Waals surface area contributed by atoms with Gasteiger partial charge in [-0.15, -0.1) is 0 Å². The van der Waals surface area contributed by atoms with Crippen molar-refractivity contribution in [2.75, 3.05) is 46.2 Å². The Labute approximate surface area is 117 Å². The molecule has 0 bridgehead atoms. The third kappa shape index (κ3) is 10.4. The summed E-state index contributed by atoms with van der Waals surface area (Å²) in [6, 6.07) is 0.642. The molecule has 0 aromatic heterocycles. The average Bonchev–Trinajstić information content (AvgIpc) is 3.26. The lowest BCUT2D eigenvalue weighted by Gasteiger charge is -2.12. The quantitative estimate of drug-likeness (QED) is 0.458. The van der Waals surface area contributed by atoms with Gasteiger partial charge in [0.25, 0.3) is 0 Å². The molecule has 114 valence electrons. The first-order valence-electron chi connectivity index (χ1n) is 7.07. The van der Waals surface area contributed by atoms with Gasteiger partial charge in [-0.3, -0.25) is 0 Å². The lowest BCUT2D eigenvalue weighted by molar-refractivity contribution is 0.107. The van der Waals surface area contributed by atoms with Crippen LogP contribution in [0.5, 0.6) is 0 Å². The number of hydrogen-bond acceptors (Lipinski definition) is 6. The minimum atomic E-state index is -1.73. The Bertz CT molecular complexity index is 188. The third-order valence-corrected chi connectivity index (χ3v) is 4.24. The standard InChI is InChI=1S/C6H11NO2.C6H16O3Si/c1-5(7-1)2-8-3-6-4-9-6;1-4-7-10(8-5-2)9-6-3/h5-7H,1-4H2;10H,4-6H2,1-3H3. The zero-order valence-electron chi connectivity index (χ0n) is 12.2. The van der Waals surface area contributed by atoms with Crippen molar-refractivity contribution in [2.45, 2.75) is 32.9 Å². The van der Waals surface area contributed by atoms with E-state index < -0.39 is 9.53 Å². The predicted molar refractivity (Wildman–Crippen MR) is 74.4 cm³/mol. The molecule has 2 atom stereocenters. The molecule has 2 aliphatic heterocycles. The van der Waals surface area contributed by atoms with Crippen molar-refractivity contribution < 1.29 is 22.8 Å². The van der Waals surface area contributed by atoms with Crippen LogP contribution >= 0.6 is 0 Å². The lowest BCUT2D eigenvalue weighted by atomic mass is 10.5. The third-order valence-electron chi connectivity index (χ3n) is 2.43. The maximum Gasteiger partial charge on any atom is 0.484 e. The highest BCUT2D eigenvalue weighted by atomic mass is 28.3. The Kier molecular flexibility index (Phi) is 9.61. The maximum absolute atomic E-state index is 5.29. The Morgan fingerprint density at radius 1 is 1.05 bits per heavy atom. The fourth-order valence-electron chi connectivity index (χ4n) is 1.26. The molecule has 0 radical (unpaired) electrons. The minimum absolute atomic E-state index is 0.420. The highest BCUT2D eigenvalue weighted by Crippen LogP contribution is 2.09. The first-order valence-corrected chi connectivity index (χ1v) is 8.49. The van der Waals surface area contributed by atoms with Gasteiger partial charge in [-0.25, -0.2) is 0 Å². The molecule has 2 saturated heterocycles. The van der Waals surface area contributed by atoms with Gasteiger partial charge >= 0.3 is 9.53 Å². The van der Waals surface area contributed by atoms with Crippen LogP contribution in [0.1, 0.15) is 20.8 Å². The largest absolute Gasteiger partial charge is 0.484 e. The van der Waals surface area contributed by atoms with E-state index in [1.165, 1.54) is 0 Å². The van der Waals surface area contributed by atoms with Crippen molar-refractivity contribution in [3.05, 3.63) is 0 Å². The van der Waals surface area contributed by atoms with Crippen molar-refractivity contribution in [3.63, 3.8) is 0 Å². The molecular formula is C12H27NO5Si. The number of hydrogen-bond donors (Lipinski definition) is 1. The SMILES string of the molecule is C1NC1COCC1CO1.CCO[SiH](OCC)OCC. The van der Waals surface area contributed by atoms with Gasteiger partial charge in [0.2, 0.25) is 0 Å². The highest BCUT2D eigenvalue weighted by Gasteiger charge is 2.25. The van der Waals surface area contributed by atoms with E-state index in [1.807, 2.05) is 20.8 Å². The fourth-order valence-corrected chi connectivity index (χ4v) is 2.36. The normalized spacial score (nSPS) is 24.0. The molecule has 2 unspecified atom stereocenters. The first-order chi connectivity index (χ1) is 9.30. The zero-order chi connectivity index (χ0) is 13.9. The minimum Gasteiger partial charge on any atom is -0.377 e. The summed E-state index contributed by atoms with van der Waals surface area (Å²) >= 11 is 0. The molecule has 6 nitrogen and oxygen atoms in total. The predicted octanol–water partition coefficient (Wildman–Crippen LogP) is 0.187. The van der Waals surface area contributed by atoms with Crippen LogP contribution in [0.2, 0.25) is 0 Å². The van der Waals surface area contributed by atoms with Gasteiger partial charge in [-0.05, 0) is 20.8 Å². The van der Waals surface area contributed by atoms with Gasteiger partial charge in [-0.1, -0.05) is 0 Å². The van der Waals surface area contributed by atoms with Crippen molar-refractivity contribution in [3.8, 4) is 0 Å². The number of epoxide rings is 1. The topological polar surface area (TPSA) is 71.4 Å². The zero-order valence-corrected chi connectivity index (χ0v) is 13.4. The van der Waals surface area contributed by atoms with Crippen LogP contribution in [0.4, 0.5) is 0 Å². The summed E-state index contributed by atoms with van der Waals surface area (Å²) in [5, 5.41) is 3.16. The van der Waals surface area contributed by atoms with E-state index in [1.54, 1.807) is 0 Å². The van der Waals surface area contributed by atoms with E-state index >= 15 is 0 Å². The Balaban J connectivity index is 0.000000190. The van der Waals surface area contributed by atoms with Gasteiger partial charge in [0.1, 0.15) is 6.10 Å². The molecule has 0 aromatic carbocycles. The molecule has 0 aromatic rings. The van der Waals surface area contributed by atoms with Crippen LogP contribution in [-0.4, -0.2) is 67.9 Å². The second kappa shape index (κ2) is 10.7. The van der Waals surface area contributed by atoms with Crippen LogP contribution in [-0.2, 0) is 22.8 Å². The van der Waals surface area contributed by atoms with Crippen LogP contribution < -0.4 is 5.32 Å². The van der Waals surface area contributed by atoms with Gasteiger partial charge in [0.15, 0.2) is 0 Å². The van der Waals surface area contributed by atoms with E-state index in [4.69, 9.17) is 22.8 Å². The van der Waals surface area contributed by atoms with Crippen LogP contribution in [0.3, 0.4) is 0 Å². The number of nitrogens with one attached hydrogen (secondary N) is 1. The highest BCUT2D eigenvalue weighted by molar-refractivity contribution is 6.36. The van der Waals surface area contributed by atoms with Crippen molar-refractivity contribution in [1.82, 2.24) is 5.32 Å². The van der Waals surface area contributed by atoms with Gasteiger partial charge in [0.05, 0.1) is 19.8 Å². The summed E-state index contributed by atoms with van der Waals surface area (Å²) in [5.74, 6) is 0. The van der Waals surface area contributed by atoms with Crippen LogP contribution in [0.25, 0.3) is 0 Å². The molecule has 7 heteroatoms. The summed E-state index contributed by atoms with van der Waals surface area (Å²) in [6.45, 7) is 11.5. The molecule has 2 aliphatic rings. The van der Waals surface area contributed by atoms with E-state index in [2.05, 4.69) is 5.32 Å². The lowest BCUT2D eigenvalue weighted by Crippen LogP contribution is -2.27. The van der Waals surface area contributed by atoms with E-state index in [-0.39, 0.29) is 0 Å². The number of ether oxygens (including phenoxy) is 2. The summed E-state index contributed by atoms with van der Waals surface area (Å²) in [4.78, 5) is 0. The molecule has 0 amide bonds. The molecule has 0 saturated carbocycles. The average molecular weight is 293 g/mol. The first kappa shape index (κ1) is 17.0. The van der Waals surface area contributed by atoms with Crippen molar-refractivity contribution in [1.29, 1.82) is 0 Å². The van der Waals surface area contributed by atoms with Crippen LogP contribution in [0.15, 0.2) is 0 Å². The van der Waals surface area contributed by atoms with Crippen LogP contribution in [0, 0.1) is 0 Å². The molecule has 19 heavy (non-hydrogen) atoms. The second-order valence-electron chi connectivity index (χ2n) is 4.25. The summed E-state index contributed by atoms with van der Waals surface area (Å²) in [5.41, 5.74) is 0. The summed E-state index contributed by atoms with van der Waals surface area (Å²) in [6.07, 6.45) is 0.420. The Morgan fingerprint density at radius 3 is 1.95 bits per heavy atom. The smallest absolute Gasteiger partial charge is 0.377 e. The maximum atomic E-state index is 5.29. The molecule has 2 fully saturated rings. The Morgan fingerprint density at radius 2 is 1.58 bits per heavy atom. The van der Waals surface area contributed by atoms with Gasteiger partial charge < -0.3 is 28.1 Å². The van der Waals surface area contributed by atoms with Crippen molar-refractivity contribution in [2.24, 2.45) is 0 Å². The molecule has 0 aliphatic carbocycles. The molecule has 2 rings (SSSR count). The summed E-state index contributed by atoms with van der Waals surface area (Å²) in [7, 11) is -1.73. The van der Waals surface area contributed by atoms with Gasteiger partial charge in [-0.2, -0.15) is 0 Å². The molecule has 0 spiro atoms. The van der Waals surface area contributed by atoms with Crippen molar-refractivity contribution >= 4 is 9.53 Å². The van der Waals surface area contributed by atoms with E-state index in [0.717, 1.165) is 26.4 Å². The van der Waals surface area contributed by atoms with E-state index in [0.29, 0.717) is 32.0 Å². The molecular weight excluding hydrogens is 266 g/mol. The Hall–Kier alpha value is -0.0231. The number of rotatable bonds is 10. The van der Waals surface area contributed by atoms with Gasteiger partial charge in [0, 0.05) is 32.4 Å². The van der Waals surface area contributed by atoms with E-state index in [9.17, 15) is 0 Å². The fraction of sp³-hybridized carbons (Fsp3) is 1.00.